The van der Waals surface area contributed by atoms with E-state index in [1.165, 1.54) is 11.6 Å². The quantitative estimate of drug-likeness (QED) is 0.470. The average molecular weight is 257 g/mol. The van der Waals surface area contributed by atoms with Gasteiger partial charge in [-0.15, -0.1) is 0 Å². The van der Waals surface area contributed by atoms with Gasteiger partial charge in [-0.3, -0.25) is 0 Å². The topological polar surface area (TPSA) is 50.1 Å². The molecule has 0 saturated carbocycles. The molecular formula is C16H19NO2. The van der Waals surface area contributed by atoms with Crippen LogP contribution in [0.15, 0.2) is 62.2 Å². The lowest BCUT2D eigenvalue weighted by Crippen LogP contribution is -1.97. The second kappa shape index (κ2) is 15.4. The second-order valence-corrected chi connectivity index (χ2v) is 2.90. The maximum atomic E-state index is 10.1. The Morgan fingerprint density at radius 2 is 1.84 bits per heavy atom. The van der Waals surface area contributed by atoms with Crippen LogP contribution in [0, 0.1) is 11.3 Å². The standard InChI is InChI=1S/C8H8.C5H8O2.C3H3N/c1-2-8-6-4-3-5-7-8;1-3-5(6)7-4-2;1-2-3-4/h2-7H,1H2;3H,1,4H2,2H3;2H,1H2. The Labute approximate surface area is 115 Å². The van der Waals surface area contributed by atoms with Crippen LogP contribution < -0.4 is 0 Å². The van der Waals surface area contributed by atoms with Crippen molar-refractivity contribution in [2.24, 2.45) is 0 Å². The molecule has 0 unspecified atom stereocenters. The van der Waals surface area contributed by atoms with E-state index in [1.807, 2.05) is 36.4 Å². The summed E-state index contributed by atoms with van der Waals surface area (Å²) >= 11 is 0. The van der Waals surface area contributed by atoms with Crippen molar-refractivity contribution in [3.05, 3.63) is 67.8 Å². The van der Waals surface area contributed by atoms with Crippen LogP contribution in [-0.4, -0.2) is 12.6 Å². The molecule has 19 heavy (non-hydrogen) atoms. The van der Waals surface area contributed by atoms with Gasteiger partial charge in [0, 0.05) is 12.2 Å². The van der Waals surface area contributed by atoms with Crippen LogP contribution in [0.3, 0.4) is 0 Å². The summed E-state index contributed by atoms with van der Waals surface area (Å²) < 4.78 is 4.43. The van der Waals surface area contributed by atoms with Crippen molar-refractivity contribution < 1.29 is 9.53 Å². The van der Waals surface area contributed by atoms with Crippen LogP contribution in [0.2, 0.25) is 0 Å². The molecule has 1 aromatic carbocycles. The van der Waals surface area contributed by atoms with E-state index < -0.39 is 0 Å². The largest absolute Gasteiger partial charge is 0.463 e. The fourth-order valence-corrected chi connectivity index (χ4v) is 0.790. The van der Waals surface area contributed by atoms with Crippen molar-refractivity contribution in [3.63, 3.8) is 0 Å². The number of benzene rings is 1. The number of nitrogens with zero attached hydrogens (tertiary/aromatic N) is 1. The van der Waals surface area contributed by atoms with Gasteiger partial charge < -0.3 is 4.74 Å². The van der Waals surface area contributed by atoms with E-state index in [0.29, 0.717) is 6.61 Å². The lowest BCUT2D eigenvalue weighted by atomic mass is 10.2. The van der Waals surface area contributed by atoms with Gasteiger partial charge in [0.15, 0.2) is 0 Å². The Bertz CT molecular complexity index is 416. The van der Waals surface area contributed by atoms with Crippen molar-refractivity contribution in [3.8, 4) is 6.07 Å². The lowest BCUT2D eigenvalue weighted by molar-refractivity contribution is -0.137. The number of esters is 1. The first-order valence-electron chi connectivity index (χ1n) is 5.63. The average Bonchev–Trinajstić information content (AvgIpc) is 2.49. The Balaban J connectivity index is 0. The Hall–Kier alpha value is -2.60. The summed E-state index contributed by atoms with van der Waals surface area (Å²) in [6, 6.07) is 11.7. The molecule has 0 spiro atoms. The highest BCUT2D eigenvalue weighted by molar-refractivity contribution is 5.81. The highest BCUT2D eigenvalue weighted by Gasteiger charge is 1.86. The lowest BCUT2D eigenvalue weighted by Gasteiger charge is -1.90. The van der Waals surface area contributed by atoms with Crippen molar-refractivity contribution in [2.75, 3.05) is 6.61 Å². The minimum absolute atomic E-state index is 0.359. The molecule has 0 aliphatic carbocycles. The second-order valence-electron chi connectivity index (χ2n) is 2.90. The minimum atomic E-state index is -0.359. The third-order valence-corrected chi connectivity index (χ3v) is 1.58. The SMILES string of the molecule is C=CC#N.C=CC(=O)OCC.C=Cc1ccccc1. The Morgan fingerprint density at radius 3 is 2.05 bits per heavy atom. The number of carbonyl (C=O) groups is 1. The molecule has 0 heterocycles. The van der Waals surface area contributed by atoms with Gasteiger partial charge in [-0.2, -0.15) is 5.26 Å². The fraction of sp³-hybridized carbons (Fsp3) is 0.125. The highest BCUT2D eigenvalue weighted by Crippen LogP contribution is 1.97. The molecule has 0 bridgehead atoms. The molecule has 1 rings (SSSR count). The first-order valence-corrected chi connectivity index (χ1v) is 5.63. The number of ether oxygens (including phenoxy) is 1. The number of allylic oxidation sites excluding steroid dienone is 1. The van der Waals surface area contributed by atoms with Gasteiger partial charge in [-0.05, 0) is 12.5 Å². The Kier molecular flexibility index (Phi) is 15.2. The summed E-state index contributed by atoms with van der Waals surface area (Å²) in [5.41, 5.74) is 1.17. The van der Waals surface area contributed by atoms with Crippen molar-refractivity contribution in [1.29, 1.82) is 5.26 Å². The first kappa shape index (κ1) is 18.8. The summed E-state index contributed by atoms with van der Waals surface area (Å²) in [5.74, 6) is -0.359. The van der Waals surface area contributed by atoms with E-state index in [9.17, 15) is 4.79 Å². The van der Waals surface area contributed by atoms with Gasteiger partial charge >= 0.3 is 5.97 Å². The maximum absolute atomic E-state index is 10.1. The molecule has 0 aliphatic rings. The maximum Gasteiger partial charge on any atom is 0.330 e. The predicted molar refractivity (Wildman–Crippen MR) is 79.2 cm³/mol. The molecule has 3 heteroatoms. The summed E-state index contributed by atoms with van der Waals surface area (Å²) in [6.45, 7) is 12.1. The number of rotatable bonds is 3. The number of hydrogen-bond donors (Lipinski definition) is 0. The number of hydrogen-bond acceptors (Lipinski definition) is 3. The van der Waals surface area contributed by atoms with Crippen LogP contribution in [0.1, 0.15) is 12.5 Å². The molecule has 100 valence electrons. The molecule has 0 amide bonds. The van der Waals surface area contributed by atoms with Crippen LogP contribution in [0.25, 0.3) is 6.08 Å². The van der Waals surface area contributed by atoms with Crippen molar-refractivity contribution >= 4 is 12.0 Å². The summed E-state index contributed by atoms with van der Waals surface area (Å²) in [5, 5.41) is 7.51. The van der Waals surface area contributed by atoms with Crippen LogP contribution in [0.4, 0.5) is 0 Å². The first-order chi connectivity index (χ1) is 9.15. The van der Waals surface area contributed by atoms with E-state index in [0.717, 1.165) is 6.08 Å². The monoisotopic (exact) mass is 257 g/mol. The van der Waals surface area contributed by atoms with Gasteiger partial charge in [0.05, 0.1) is 12.7 Å². The van der Waals surface area contributed by atoms with E-state index in [-0.39, 0.29) is 5.97 Å². The zero-order valence-electron chi connectivity index (χ0n) is 11.2. The molecular weight excluding hydrogens is 238 g/mol. The molecule has 0 radical (unpaired) electrons. The number of nitriles is 1. The molecule has 0 atom stereocenters. The molecule has 1 aromatic rings. The number of carbonyl (C=O) groups excluding carboxylic acids is 1. The predicted octanol–water partition coefficient (Wildman–Crippen LogP) is 3.76. The van der Waals surface area contributed by atoms with Crippen LogP contribution >= 0.6 is 0 Å². The van der Waals surface area contributed by atoms with Crippen molar-refractivity contribution in [2.45, 2.75) is 6.92 Å². The fourth-order valence-electron chi connectivity index (χ4n) is 0.790. The third kappa shape index (κ3) is 15.4. The van der Waals surface area contributed by atoms with Crippen LogP contribution in [-0.2, 0) is 9.53 Å². The summed E-state index contributed by atoms with van der Waals surface area (Å²) in [4.78, 5) is 10.1. The van der Waals surface area contributed by atoms with Gasteiger partial charge in [-0.1, -0.05) is 56.1 Å². The molecule has 3 nitrogen and oxygen atoms in total. The summed E-state index contributed by atoms with van der Waals surface area (Å²) in [6.07, 6.45) is 4.16. The van der Waals surface area contributed by atoms with Gasteiger partial charge in [0.1, 0.15) is 0 Å². The smallest absolute Gasteiger partial charge is 0.330 e. The van der Waals surface area contributed by atoms with E-state index >= 15 is 0 Å². The molecule has 0 fully saturated rings. The zero-order chi connectivity index (χ0) is 14.9. The van der Waals surface area contributed by atoms with Gasteiger partial charge in [0.2, 0.25) is 0 Å². The highest BCUT2D eigenvalue weighted by atomic mass is 16.5. The molecule has 0 aromatic heterocycles. The Morgan fingerprint density at radius 1 is 1.32 bits per heavy atom. The summed E-state index contributed by atoms with van der Waals surface area (Å²) in [7, 11) is 0. The van der Waals surface area contributed by atoms with Crippen LogP contribution in [0.5, 0.6) is 0 Å². The zero-order valence-corrected chi connectivity index (χ0v) is 11.2. The molecule has 0 saturated heterocycles. The third-order valence-electron chi connectivity index (χ3n) is 1.58. The molecule has 0 N–H and O–H groups in total. The van der Waals surface area contributed by atoms with E-state index in [4.69, 9.17) is 5.26 Å². The van der Waals surface area contributed by atoms with E-state index in [2.05, 4.69) is 24.5 Å². The minimum Gasteiger partial charge on any atom is -0.463 e. The van der Waals surface area contributed by atoms with Gasteiger partial charge in [0.25, 0.3) is 0 Å². The van der Waals surface area contributed by atoms with Gasteiger partial charge in [-0.25, -0.2) is 4.79 Å². The van der Waals surface area contributed by atoms with Crippen molar-refractivity contribution in [1.82, 2.24) is 0 Å². The molecule has 0 aliphatic heterocycles. The normalized spacial score (nSPS) is 7.16. The van der Waals surface area contributed by atoms with E-state index in [1.54, 1.807) is 13.0 Å².